The minimum absolute atomic E-state index is 0.186. The molecular formula is C31H26ClF2N9O2. The number of ether oxygens (including phenoxy) is 1. The van der Waals surface area contributed by atoms with Gasteiger partial charge in [0.25, 0.3) is 0 Å². The molecule has 2 aliphatic heterocycles. The summed E-state index contributed by atoms with van der Waals surface area (Å²) in [6, 6.07) is 13.2. The number of nitrogens with zero attached hydrogens (tertiary/aromatic N) is 5. The van der Waals surface area contributed by atoms with Gasteiger partial charge >= 0.3 is 0 Å². The van der Waals surface area contributed by atoms with Gasteiger partial charge in [0.05, 0.1) is 59.0 Å². The number of hydrazine groups is 2. The van der Waals surface area contributed by atoms with Crippen LogP contribution in [-0.2, 0) is 4.74 Å². The SMILES string of the molecule is C=C(F)C(F)=N/C=C(\C)Nc1c(C#N)cnc2c(Cl)cc(N[C@H](C3=CN(C4COC4)NN3)c3cccc(-c4ncco4)c3)cc12. The number of nitrogens with one attached hydrogen (secondary N) is 4. The predicted octanol–water partition coefficient (Wildman–Crippen LogP) is 6.26. The molecule has 1 fully saturated rings. The van der Waals surface area contributed by atoms with Gasteiger partial charge in [0.15, 0.2) is 5.83 Å². The lowest BCUT2D eigenvalue weighted by Crippen LogP contribution is -2.52. The number of aliphatic imine (C=N–C) groups is 1. The van der Waals surface area contributed by atoms with Crippen molar-refractivity contribution in [2.45, 2.75) is 19.0 Å². The van der Waals surface area contributed by atoms with Crippen LogP contribution in [0.25, 0.3) is 22.4 Å². The summed E-state index contributed by atoms with van der Waals surface area (Å²) < 4.78 is 37.5. The van der Waals surface area contributed by atoms with Crippen molar-refractivity contribution in [2.24, 2.45) is 4.99 Å². The number of hydrogen-bond donors (Lipinski definition) is 4. The van der Waals surface area contributed by atoms with Gasteiger partial charge in [-0.1, -0.05) is 30.3 Å². The van der Waals surface area contributed by atoms with Crippen LogP contribution in [0.4, 0.5) is 20.2 Å². The molecule has 4 N–H and O–H groups in total. The van der Waals surface area contributed by atoms with Gasteiger partial charge in [-0.05, 0) is 36.8 Å². The number of nitriles is 1. The fraction of sp³-hybridized carbons (Fsp3) is 0.161. The summed E-state index contributed by atoms with van der Waals surface area (Å²) in [5.74, 6) is -2.16. The molecule has 0 saturated carbocycles. The van der Waals surface area contributed by atoms with Gasteiger partial charge in [-0.3, -0.25) is 9.99 Å². The first-order valence-electron chi connectivity index (χ1n) is 13.7. The fourth-order valence-electron chi connectivity index (χ4n) is 4.81. The summed E-state index contributed by atoms with van der Waals surface area (Å²) in [6.45, 7) is 5.70. The third-order valence-electron chi connectivity index (χ3n) is 7.11. The van der Waals surface area contributed by atoms with Crippen molar-refractivity contribution in [3.05, 3.63) is 107 Å². The Balaban J connectivity index is 1.40. The van der Waals surface area contributed by atoms with E-state index in [1.54, 1.807) is 19.2 Å². The minimum atomic E-state index is -1.35. The van der Waals surface area contributed by atoms with E-state index < -0.39 is 17.8 Å². The van der Waals surface area contributed by atoms with Gasteiger partial charge in [-0.2, -0.15) is 9.65 Å². The molecule has 0 amide bonds. The van der Waals surface area contributed by atoms with Crippen LogP contribution in [0.5, 0.6) is 0 Å². The zero-order chi connectivity index (χ0) is 31.5. The molecule has 0 spiro atoms. The van der Waals surface area contributed by atoms with Crippen molar-refractivity contribution >= 4 is 39.8 Å². The Morgan fingerprint density at radius 1 is 1.29 bits per heavy atom. The monoisotopic (exact) mass is 629 g/mol. The second kappa shape index (κ2) is 12.7. The molecule has 14 heteroatoms. The van der Waals surface area contributed by atoms with Crippen LogP contribution in [0, 0.1) is 11.3 Å². The number of benzene rings is 2. The molecule has 45 heavy (non-hydrogen) atoms. The van der Waals surface area contributed by atoms with E-state index in [2.05, 4.69) is 49.2 Å². The van der Waals surface area contributed by atoms with Crippen molar-refractivity contribution in [2.75, 3.05) is 23.8 Å². The lowest BCUT2D eigenvalue weighted by molar-refractivity contribution is -0.0635. The average Bonchev–Trinajstić information content (AvgIpc) is 3.71. The Bertz CT molecular complexity index is 1900. The molecule has 2 aromatic heterocycles. The zero-order valence-corrected chi connectivity index (χ0v) is 24.6. The molecule has 0 unspecified atom stereocenters. The Kier molecular flexibility index (Phi) is 8.43. The molecule has 0 aliphatic carbocycles. The van der Waals surface area contributed by atoms with Crippen molar-refractivity contribution in [1.29, 1.82) is 5.26 Å². The summed E-state index contributed by atoms with van der Waals surface area (Å²) in [6.07, 6.45) is 7.57. The van der Waals surface area contributed by atoms with Gasteiger partial charge in [0, 0.05) is 40.9 Å². The van der Waals surface area contributed by atoms with E-state index in [9.17, 15) is 14.0 Å². The van der Waals surface area contributed by atoms with Crippen LogP contribution in [-0.4, -0.2) is 40.2 Å². The maximum atomic E-state index is 13.6. The number of rotatable bonds is 10. The van der Waals surface area contributed by atoms with Crippen LogP contribution in [0.15, 0.2) is 101 Å². The second-order valence-corrected chi connectivity index (χ2v) is 10.6. The highest BCUT2D eigenvalue weighted by molar-refractivity contribution is 6.35. The molecule has 4 aromatic rings. The molecule has 2 aromatic carbocycles. The van der Waals surface area contributed by atoms with Crippen molar-refractivity contribution in [3.63, 3.8) is 0 Å². The van der Waals surface area contributed by atoms with E-state index in [-0.39, 0.29) is 11.6 Å². The Morgan fingerprint density at radius 2 is 2.13 bits per heavy atom. The zero-order valence-electron chi connectivity index (χ0n) is 23.8. The lowest BCUT2D eigenvalue weighted by atomic mass is 10.0. The first-order chi connectivity index (χ1) is 21.8. The highest BCUT2D eigenvalue weighted by Crippen LogP contribution is 2.37. The molecule has 1 atom stereocenters. The first-order valence-corrected chi connectivity index (χ1v) is 14.1. The number of pyridine rings is 1. The summed E-state index contributed by atoms with van der Waals surface area (Å²) in [7, 11) is 0. The lowest BCUT2D eigenvalue weighted by Gasteiger charge is -2.33. The topological polar surface area (TPSA) is 136 Å². The van der Waals surface area contributed by atoms with Crippen molar-refractivity contribution in [3.8, 4) is 17.5 Å². The standard InChI is InChI=1S/C31H26ClF2N9O2/c1-17(12-38-30(34)18(2)33)39-27-21(11-35)13-37-29-24(27)9-22(10-25(29)32)40-28(26-14-43(42-41-26)23-15-44-16-23)19-4-3-5-20(8-19)31-36-6-7-45-31/h3-10,12-14,23,28,40-42H,2,15-16H2,1H3,(H,37,39)/b17-12+,38-30?/t28-/m0/s1. The molecular weight excluding hydrogens is 604 g/mol. The van der Waals surface area contributed by atoms with Crippen molar-refractivity contribution in [1.82, 2.24) is 25.9 Å². The van der Waals surface area contributed by atoms with Crippen LogP contribution >= 0.6 is 11.6 Å². The minimum Gasteiger partial charge on any atom is -0.445 e. The third-order valence-corrected chi connectivity index (χ3v) is 7.39. The fourth-order valence-corrected chi connectivity index (χ4v) is 5.08. The van der Waals surface area contributed by atoms with Crippen LogP contribution < -0.4 is 21.6 Å². The molecule has 6 rings (SSSR count). The van der Waals surface area contributed by atoms with Crippen LogP contribution in [0.1, 0.15) is 24.1 Å². The molecule has 0 radical (unpaired) electrons. The number of fused-ring (bicyclic) bond motifs is 1. The molecule has 0 bridgehead atoms. The average molecular weight is 630 g/mol. The van der Waals surface area contributed by atoms with E-state index in [0.29, 0.717) is 52.1 Å². The smallest absolute Gasteiger partial charge is 0.248 e. The van der Waals surface area contributed by atoms with E-state index in [1.165, 1.54) is 12.5 Å². The quantitative estimate of drug-likeness (QED) is 0.149. The van der Waals surface area contributed by atoms with Gasteiger partial charge in [-0.25, -0.2) is 14.4 Å². The van der Waals surface area contributed by atoms with E-state index in [0.717, 1.165) is 23.0 Å². The molecule has 11 nitrogen and oxygen atoms in total. The van der Waals surface area contributed by atoms with Crippen LogP contribution in [0.3, 0.4) is 0 Å². The Morgan fingerprint density at radius 3 is 2.84 bits per heavy atom. The maximum absolute atomic E-state index is 13.6. The Hall–Kier alpha value is -5.29. The predicted molar refractivity (Wildman–Crippen MR) is 167 cm³/mol. The maximum Gasteiger partial charge on any atom is 0.248 e. The van der Waals surface area contributed by atoms with Gasteiger partial charge < -0.3 is 25.2 Å². The summed E-state index contributed by atoms with van der Waals surface area (Å²) in [5.41, 5.74) is 10.9. The van der Waals surface area contributed by atoms with E-state index in [4.69, 9.17) is 20.8 Å². The third kappa shape index (κ3) is 6.34. The number of oxazole rings is 1. The number of hydrogen-bond acceptors (Lipinski definition) is 11. The van der Waals surface area contributed by atoms with Crippen molar-refractivity contribution < 1.29 is 17.9 Å². The van der Waals surface area contributed by atoms with E-state index in [1.807, 2.05) is 41.5 Å². The van der Waals surface area contributed by atoms with Gasteiger partial charge in [0.2, 0.25) is 11.9 Å². The summed E-state index contributed by atoms with van der Waals surface area (Å²) in [4.78, 5) is 12.1. The second-order valence-electron chi connectivity index (χ2n) is 10.2. The Labute approximate surface area is 261 Å². The first kappa shape index (κ1) is 29.8. The highest BCUT2D eigenvalue weighted by atomic mass is 35.5. The van der Waals surface area contributed by atoms with E-state index >= 15 is 0 Å². The summed E-state index contributed by atoms with van der Waals surface area (Å²) in [5, 5.41) is 19.3. The largest absolute Gasteiger partial charge is 0.445 e. The normalized spacial score (nSPS) is 16.1. The number of anilines is 2. The molecule has 228 valence electrons. The molecule has 1 saturated heterocycles. The highest BCUT2D eigenvalue weighted by Gasteiger charge is 2.30. The number of allylic oxidation sites excluding steroid dienone is 2. The molecule has 2 aliphatic rings. The van der Waals surface area contributed by atoms with Gasteiger partial charge in [-0.15, -0.1) is 5.53 Å². The molecule has 4 heterocycles. The number of halogens is 3. The van der Waals surface area contributed by atoms with Crippen LogP contribution in [0.2, 0.25) is 5.02 Å². The number of aromatic nitrogens is 2. The summed E-state index contributed by atoms with van der Waals surface area (Å²) >= 11 is 6.74. The van der Waals surface area contributed by atoms with Gasteiger partial charge in [0.1, 0.15) is 12.3 Å².